The van der Waals surface area contributed by atoms with Gasteiger partial charge in [-0.1, -0.05) is 41.9 Å². The molecule has 2 aromatic rings. The zero-order valence-electron chi connectivity index (χ0n) is 14.8. The number of carbonyl (C=O) groups excluding carboxylic acids is 1. The topological polar surface area (TPSA) is 58.4 Å². The van der Waals surface area contributed by atoms with Crippen LogP contribution in [0.1, 0.15) is 48.8 Å². The molecule has 1 aromatic heterocycles. The van der Waals surface area contributed by atoms with Gasteiger partial charge in [0, 0.05) is 18.5 Å². The van der Waals surface area contributed by atoms with E-state index < -0.39 is 0 Å². The van der Waals surface area contributed by atoms with Crippen LogP contribution in [0.4, 0.5) is 10.5 Å². The van der Waals surface area contributed by atoms with E-state index in [0.717, 1.165) is 25.1 Å². The molecule has 1 fully saturated rings. The summed E-state index contributed by atoms with van der Waals surface area (Å²) in [7, 11) is 0. The fourth-order valence-corrected chi connectivity index (χ4v) is 3.39. The Balaban J connectivity index is 1.71. The SMILES string of the molecule is CCc1noc(C)c1NC(=O)N1C[C@@H](c2ccc(C)cc2)C[C@H]1C. The Morgan fingerprint density at radius 2 is 2.04 bits per heavy atom. The molecule has 0 spiro atoms. The Labute approximate surface area is 143 Å². The second kappa shape index (κ2) is 6.67. The van der Waals surface area contributed by atoms with Gasteiger partial charge in [-0.15, -0.1) is 0 Å². The van der Waals surface area contributed by atoms with E-state index in [-0.39, 0.29) is 12.1 Å². The average Bonchev–Trinajstić information content (AvgIpc) is 3.12. The predicted molar refractivity (Wildman–Crippen MR) is 94.3 cm³/mol. The van der Waals surface area contributed by atoms with Crippen molar-refractivity contribution in [1.82, 2.24) is 10.1 Å². The number of amides is 2. The summed E-state index contributed by atoms with van der Waals surface area (Å²) in [6.07, 6.45) is 1.72. The van der Waals surface area contributed by atoms with Gasteiger partial charge < -0.3 is 14.7 Å². The number of nitrogens with one attached hydrogen (secondary N) is 1. The van der Waals surface area contributed by atoms with Crippen LogP contribution in [0.15, 0.2) is 28.8 Å². The van der Waals surface area contributed by atoms with E-state index in [1.807, 2.05) is 18.7 Å². The van der Waals surface area contributed by atoms with Crippen LogP contribution in [0.5, 0.6) is 0 Å². The first-order valence-electron chi connectivity index (χ1n) is 8.59. The maximum atomic E-state index is 12.7. The first-order chi connectivity index (χ1) is 11.5. The molecule has 0 bridgehead atoms. The summed E-state index contributed by atoms with van der Waals surface area (Å²) in [6, 6.07) is 8.76. The number of aryl methyl sites for hydroxylation is 3. The number of likely N-dealkylation sites (tertiary alicyclic amines) is 1. The summed E-state index contributed by atoms with van der Waals surface area (Å²) >= 11 is 0. The fourth-order valence-electron chi connectivity index (χ4n) is 3.39. The molecule has 5 heteroatoms. The van der Waals surface area contributed by atoms with Crippen molar-refractivity contribution in [3.05, 3.63) is 46.8 Å². The van der Waals surface area contributed by atoms with Crippen molar-refractivity contribution in [3.8, 4) is 0 Å². The normalized spacial score (nSPS) is 20.4. The van der Waals surface area contributed by atoms with E-state index in [9.17, 15) is 4.79 Å². The maximum absolute atomic E-state index is 12.7. The third-order valence-corrected chi connectivity index (χ3v) is 4.88. The lowest BCUT2D eigenvalue weighted by molar-refractivity contribution is 0.209. The molecule has 1 saturated heterocycles. The highest BCUT2D eigenvalue weighted by atomic mass is 16.5. The highest BCUT2D eigenvalue weighted by Gasteiger charge is 2.33. The number of urea groups is 1. The van der Waals surface area contributed by atoms with Gasteiger partial charge >= 0.3 is 6.03 Å². The number of benzene rings is 1. The Morgan fingerprint density at radius 3 is 2.71 bits per heavy atom. The Hall–Kier alpha value is -2.30. The Bertz CT molecular complexity index is 721. The van der Waals surface area contributed by atoms with Crippen LogP contribution in [0.25, 0.3) is 0 Å². The van der Waals surface area contributed by atoms with Crippen molar-refractivity contribution in [3.63, 3.8) is 0 Å². The van der Waals surface area contributed by atoms with Gasteiger partial charge in [-0.3, -0.25) is 0 Å². The molecule has 2 amide bonds. The third kappa shape index (κ3) is 3.16. The minimum Gasteiger partial charge on any atom is -0.359 e. The van der Waals surface area contributed by atoms with Crippen molar-refractivity contribution < 1.29 is 9.32 Å². The minimum atomic E-state index is -0.0712. The molecule has 0 aliphatic carbocycles. The average molecular weight is 327 g/mol. The highest BCUT2D eigenvalue weighted by Crippen LogP contribution is 2.32. The number of aromatic nitrogens is 1. The molecule has 1 aliphatic heterocycles. The van der Waals surface area contributed by atoms with Crippen LogP contribution in [-0.4, -0.2) is 28.7 Å². The summed E-state index contributed by atoms with van der Waals surface area (Å²) < 4.78 is 5.20. The van der Waals surface area contributed by atoms with Crippen LogP contribution in [0, 0.1) is 13.8 Å². The van der Waals surface area contributed by atoms with Gasteiger partial charge in [0.2, 0.25) is 0 Å². The molecule has 3 rings (SSSR count). The van der Waals surface area contributed by atoms with E-state index in [1.165, 1.54) is 11.1 Å². The molecule has 1 aliphatic rings. The van der Waals surface area contributed by atoms with Crippen LogP contribution in [0.2, 0.25) is 0 Å². The molecule has 128 valence electrons. The number of rotatable bonds is 3. The fraction of sp³-hybridized carbons (Fsp3) is 0.474. The Kier molecular flexibility index (Phi) is 4.60. The molecule has 0 radical (unpaired) electrons. The van der Waals surface area contributed by atoms with Crippen LogP contribution in [-0.2, 0) is 6.42 Å². The van der Waals surface area contributed by atoms with Gasteiger partial charge in [0.15, 0.2) is 5.76 Å². The zero-order valence-corrected chi connectivity index (χ0v) is 14.8. The molecule has 1 N–H and O–H groups in total. The van der Waals surface area contributed by atoms with Crippen molar-refractivity contribution in [2.24, 2.45) is 0 Å². The van der Waals surface area contributed by atoms with Crippen molar-refractivity contribution >= 4 is 11.7 Å². The molecule has 0 saturated carbocycles. The van der Waals surface area contributed by atoms with Gasteiger partial charge in [0.05, 0.1) is 0 Å². The molecule has 2 heterocycles. The van der Waals surface area contributed by atoms with E-state index in [2.05, 4.69) is 48.6 Å². The van der Waals surface area contributed by atoms with Gasteiger partial charge in [-0.25, -0.2) is 4.79 Å². The van der Waals surface area contributed by atoms with Crippen molar-refractivity contribution in [2.45, 2.75) is 52.5 Å². The Morgan fingerprint density at radius 1 is 1.33 bits per heavy atom. The smallest absolute Gasteiger partial charge is 0.322 e. The van der Waals surface area contributed by atoms with E-state index >= 15 is 0 Å². The van der Waals surface area contributed by atoms with Gasteiger partial charge in [0.25, 0.3) is 0 Å². The highest BCUT2D eigenvalue weighted by molar-refractivity contribution is 5.90. The molecule has 24 heavy (non-hydrogen) atoms. The lowest BCUT2D eigenvalue weighted by atomic mass is 9.96. The molecule has 0 unspecified atom stereocenters. The lowest BCUT2D eigenvalue weighted by Gasteiger charge is -2.22. The minimum absolute atomic E-state index is 0.0712. The van der Waals surface area contributed by atoms with Crippen LogP contribution in [0.3, 0.4) is 0 Å². The summed E-state index contributed by atoms with van der Waals surface area (Å²) in [6.45, 7) is 8.76. The third-order valence-electron chi connectivity index (χ3n) is 4.88. The zero-order chi connectivity index (χ0) is 17.3. The van der Waals surface area contributed by atoms with Crippen molar-refractivity contribution in [1.29, 1.82) is 0 Å². The van der Waals surface area contributed by atoms with E-state index in [1.54, 1.807) is 0 Å². The van der Waals surface area contributed by atoms with E-state index in [0.29, 0.717) is 17.4 Å². The second-order valence-electron chi connectivity index (χ2n) is 6.69. The molecular formula is C19H25N3O2. The number of anilines is 1. The van der Waals surface area contributed by atoms with Gasteiger partial charge in [-0.2, -0.15) is 0 Å². The molecule has 5 nitrogen and oxygen atoms in total. The quantitative estimate of drug-likeness (QED) is 0.916. The van der Waals surface area contributed by atoms with Crippen LogP contribution >= 0.6 is 0 Å². The van der Waals surface area contributed by atoms with E-state index in [4.69, 9.17) is 4.52 Å². The first-order valence-corrected chi connectivity index (χ1v) is 8.59. The maximum Gasteiger partial charge on any atom is 0.322 e. The lowest BCUT2D eigenvalue weighted by Crippen LogP contribution is -2.37. The van der Waals surface area contributed by atoms with Crippen molar-refractivity contribution in [2.75, 3.05) is 11.9 Å². The van der Waals surface area contributed by atoms with Crippen LogP contribution < -0.4 is 5.32 Å². The molecule has 2 atom stereocenters. The summed E-state index contributed by atoms with van der Waals surface area (Å²) in [4.78, 5) is 14.6. The monoisotopic (exact) mass is 327 g/mol. The summed E-state index contributed by atoms with van der Waals surface area (Å²) in [5.74, 6) is 1.04. The first kappa shape index (κ1) is 16.6. The largest absolute Gasteiger partial charge is 0.359 e. The second-order valence-corrected chi connectivity index (χ2v) is 6.69. The number of carbonyl (C=O) groups is 1. The summed E-state index contributed by atoms with van der Waals surface area (Å²) in [5.41, 5.74) is 4.07. The summed E-state index contributed by atoms with van der Waals surface area (Å²) in [5, 5.41) is 6.99. The van der Waals surface area contributed by atoms with Gasteiger partial charge in [0.1, 0.15) is 11.4 Å². The number of hydrogen-bond acceptors (Lipinski definition) is 3. The standard InChI is InChI=1S/C19H25N3O2/c1-5-17-18(14(4)24-21-17)20-19(23)22-11-16(10-13(22)3)15-8-6-12(2)7-9-15/h6-9,13,16H,5,10-11H2,1-4H3,(H,20,23)/t13-,16+/m1/s1. The predicted octanol–water partition coefficient (Wildman–Crippen LogP) is 4.26. The molecule has 1 aromatic carbocycles. The number of hydrogen-bond donors (Lipinski definition) is 1. The number of nitrogens with zero attached hydrogens (tertiary/aromatic N) is 2. The molecular weight excluding hydrogens is 302 g/mol. The van der Waals surface area contributed by atoms with Gasteiger partial charge in [-0.05, 0) is 39.2 Å².